The second-order valence-corrected chi connectivity index (χ2v) is 3.88. The average molecular weight is 203 g/mol. The number of rotatable bonds is 2. The topological polar surface area (TPSA) is 0 Å². The van der Waals surface area contributed by atoms with Gasteiger partial charge in [-0.3, -0.25) is 0 Å². The molecule has 0 N–H and O–H groups in total. The minimum Gasteiger partial charge on any atom is -0.0843 e. The van der Waals surface area contributed by atoms with Crippen LogP contribution in [-0.4, -0.2) is 0 Å². The van der Waals surface area contributed by atoms with E-state index in [1.54, 1.807) is 6.07 Å². The molecule has 0 radical (unpaired) electrons. The molecule has 0 heterocycles. The molecule has 1 rings (SSSR count). The molecule has 1 aromatic carbocycles. The molecule has 66 valence electrons. The van der Waals surface area contributed by atoms with Crippen LogP contribution in [0.4, 0.5) is 0 Å². The lowest BCUT2D eigenvalue weighted by molar-refractivity contribution is 0.734. The maximum Gasteiger partial charge on any atom is 0.0423 e. The summed E-state index contributed by atoms with van der Waals surface area (Å²) < 4.78 is 0. The van der Waals surface area contributed by atoms with E-state index >= 15 is 0 Å². The minimum absolute atomic E-state index is 0.529. The van der Waals surface area contributed by atoms with Crippen molar-refractivity contribution >= 4 is 23.2 Å². The van der Waals surface area contributed by atoms with Crippen LogP contribution >= 0.6 is 23.2 Å². The molecule has 0 aliphatic rings. The standard InChI is InChI=1S/C10H12Cl2/c1-3-7(2)8-4-9(11)6-10(12)5-8/h4-7H,3H2,1-2H3. The van der Waals surface area contributed by atoms with Crippen molar-refractivity contribution < 1.29 is 0 Å². The van der Waals surface area contributed by atoms with Crippen LogP contribution in [0.5, 0.6) is 0 Å². The van der Waals surface area contributed by atoms with Gasteiger partial charge in [0, 0.05) is 10.0 Å². The van der Waals surface area contributed by atoms with Gasteiger partial charge < -0.3 is 0 Å². The van der Waals surface area contributed by atoms with Gasteiger partial charge in [-0.15, -0.1) is 0 Å². The normalized spacial score (nSPS) is 13.0. The fourth-order valence-electron chi connectivity index (χ4n) is 1.10. The summed E-state index contributed by atoms with van der Waals surface area (Å²) in [5.74, 6) is 0.529. The maximum absolute atomic E-state index is 5.87. The fraction of sp³-hybridized carbons (Fsp3) is 0.400. The molecule has 0 spiro atoms. The summed E-state index contributed by atoms with van der Waals surface area (Å²) in [5.41, 5.74) is 1.22. The maximum atomic E-state index is 5.87. The molecule has 12 heavy (non-hydrogen) atoms. The highest BCUT2D eigenvalue weighted by Gasteiger charge is 2.04. The van der Waals surface area contributed by atoms with E-state index in [9.17, 15) is 0 Å². The molecule has 0 aromatic heterocycles. The third-order valence-electron chi connectivity index (χ3n) is 2.07. The van der Waals surface area contributed by atoms with Crippen molar-refractivity contribution in [2.45, 2.75) is 26.2 Å². The fourth-order valence-corrected chi connectivity index (χ4v) is 1.64. The van der Waals surface area contributed by atoms with Gasteiger partial charge in [-0.1, -0.05) is 37.0 Å². The van der Waals surface area contributed by atoms with E-state index < -0.39 is 0 Å². The largest absolute Gasteiger partial charge is 0.0843 e. The van der Waals surface area contributed by atoms with E-state index in [2.05, 4.69) is 13.8 Å². The lowest BCUT2D eigenvalue weighted by Crippen LogP contribution is -1.90. The third-order valence-corrected chi connectivity index (χ3v) is 2.50. The van der Waals surface area contributed by atoms with Crippen LogP contribution in [0.2, 0.25) is 10.0 Å². The van der Waals surface area contributed by atoms with Gasteiger partial charge in [0.2, 0.25) is 0 Å². The van der Waals surface area contributed by atoms with Crippen molar-refractivity contribution in [3.8, 4) is 0 Å². The summed E-state index contributed by atoms with van der Waals surface area (Å²) in [6.45, 7) is 4.32. The summed E-state index contributed by atoms with van der Waals surface area (Å²) in [6.07, 6.45) is 1.11. The zero-order chi connectivity index (χ0) is 9.14. The van der Waals surface area contributed by atoms with Crippen molar-refractivity contribution in [2.75, 3.05) is 0 Å². The van der Waals surface area contributed by atoms with E-state index in [0.29, 0.717) is 5.92 Å². The summed E-state index contributed by atoms with van der Waals surface area (Å²) >= 11 is 11.7. The molecule has 0 saturated carbocycles. The smallest absolute Gasteiger partial charge is 0.0423 e. The molecule has 0 aliphatic carbocycles. The van der Waals surface area contributed by atoms with Crippen LogP contribution in [0, 0.1) is 0 Å². The Kier molecular flexibility index (Phi) is 3.42. The number of halogens is 2. The van der Waals surface area contributed by atoms with Crippen LogP contribution in [-0.2, 0) is 0 Å². The predicted molar refractivity (Wildman–Crippen MR) is 55.2 cm³/mol. The van der Waals surface area contributed by atoms with Gasteiger partial charge in [-0.25, -0.2) is 0 Å². The highest BCUT2D eigenvalue weighted by molar-refractivity contribution is 6.34. The molecule has 1 unspecified atom stereocenters. The Labute approximate surface area is 83.5 Å². The van der Waals surface area contributed by atoms with E-state index in [1.807, 2.05) is 12.1 Å². The first kappa shape index (κ1) is 9.88. The SMILES string of the molecule is CCC(C)c1cc(Cl)cc(Cl)c1. The second-order valence-electron chi connectivity index (χ2n) is 3.01. The first-order valence-electron chi connectivity index (χ1n) is 4.09. The Morgan fingerprint density at radius 3 is 2.08 bits per heavy atom. The lowest BCUT2D eigenvalue weighted by Gasteiger charge is -2.09. The summed E-state index contributed by atoms with van der Waals surface area (Å²) in [7, 11) is 0. The number of hydrogen-bond acceptors (Lipinski definition) is 0. The monoisotopic (exact) mass is 202 g/mol. The molecule has 0 bridgehead atoms. The Balaban J connectivity index is 3.00. The zero-order valence-electron chi connectivity index (χ0n) is 7.27. The van der Waals surface area contributed by atoms with E-state index in [0.717, 1.165) is 16.5 Å². The molecule has 0 saturated heterocycles. The van der Waals surface area contributed by atoms with Crippen molar-refractivity contribution in [1.82, 2.24) is 0 Å². The Hall–Kier alpha value is -0.200. The highest BCUT2D eigenvalue weighted by atomic mass is 35.5. The van der Waals surface area contributed by atoms with Crippen molar-refractivity contribution in [2.24, 2.45) is 0 Å². The first-order chi connectivity index (χ1) is 5.63. The molecule has 1 aromatic rings. The molecular weight excluding hydrogens is 191 g/mol. The third kappa shape index (κ3) is 2.40. The first-order valence-corrected chi connectivity index (χ1v) is 4.85. The van der Waals surface area contributed by atoms with Gasteiger partial charge >= 0.3 is 0 Å². The summed E-state index contributed by atoms with van der Waals surface area (Å²) in [4.78, 5) is 0. The Morgan fingerprint density at radius 2 is 1.67 bits per heavy atom. The van der Waals surface area contributed by atoms with Crippen molar-refractivity contribution in [1.29, 1.82) is 0 Å². The van der Waals surface area contributed by atoms with Gasteiger partial charge in [-0.05, 0) is 36.1 Å². The predicted octanol–water partition coefficient (Wildman–Crippen LogP) is 4.51. The minimum atomic E-state index is 0.529. The summed E-state index contributed by atoms with van der Waals surface area (Å²) in [6, 6.07) is 5.71. The Morgan fingerprint density at radius 1 is 1.17 bits per heavy atom. The van der Waals surface area contributed by atoms with Crippen LogP contribution < -0.4 is 0 Å². The van der Waals surface area contributed by atoms with E-state index in [-0.39, 0.29) is 0 Å². The highest BCUT2D eigenvalue weighted by Crippen LogP contribution is 2.25. The zero-order valence-corrected chi connectivity index (χ0v) is 8.78. The van der Waals surface area contributed by atoms with Crippen molar-refractivity contribution in [3.63, 3.8) is 0 Å². The quantitative estimate of drug-likeness (QED) is 0.663. The molecule has 0 fully saturated rings. The molecular formula is C10H12Cl2. The molecule has 0 aliphatic heterocycles. The summed E-state index contributed by atoms with van der Waals surface area (Å²) in [5, 5.41) is 1.44. The number of benzene rings is 1. The van der Waals surface area contributed by atoms with Gasteiger partial charge in [0.15, 0.2) is 0 Å². The molecule has 2 heteroatoms. The lowest BCUT2D eigenvalue weighted by atomic mass is 9.99. The average Bonchev–Trinajstić information content (AvgIpc) is 2.01. The van der Waals surface area contributed by atoms with Gasteiger partial charge in [0.25, 0.3) is 0 Å². The molecule has 1 atom stereocenters. The van der Waals surface area contributed by atoms with Crippen LogP contribution in [0.15, 0.2) is 18.2 Å². The Bertz CT molecular complexity index is 248. The van der Waals surface area contributed by atoms with Crippen molar-refractivity contribution in [3.05, 3.63) is 33.8 Å². The van der Waals surface area contributed by atoms with Gasteiger partial charge in [0.1, 0.15) is 0 Å². The second kappa shape index (κ2) is 4.15. The molecule has 0 nitrogen and oxygen atoms in total. The van der Waals surface area contributed by atoms with Gasteiger partial charge in [0.05, 0.1) is 0 Å². The van der Waals surface area contributed by atoms with E-state index in [1.165, 1.54) is 5.56 Å². The van der Waals surface area contributed by atoms with Crippen LogP contribution in [0.3, 0.4) is 0 Å². The molecule has 0 amide bonds. The van der Waals surface area contributed by atoms with Crippen LogP contribution in [0.1, 0.15) is 31.7 Å². The van der Waals surface area contributed by atoms with Crippen LogP contribution in [0.25, 0.3) is 0 Å². The van der Waals surface area contributed by atoms with E-state index in [4.69, 9.17) is 23.2 Å². The van der Waals surface area contributed by atoms with Gasteiger partial charge in [-0.2, -0.15) is 0 Å². The number of hydrogen-bond donors (Lipinski definition) is 0.